The fourth-order valence-electron chi connectivity index (χ4n) is 3.76. The molecule has 4 aromatic rings. The molecule has 0 bridgehead atoms. The van der Waals surface area contributed by atoms with Crippen molar-refractivity contribution in [2.75, 3.05) is 18.0 Å². The molecule has 0 unspecified atom stereocenters. The highest BCUT2D eigenvalue weighted by atomic mass is 35.5. The SMILES string of the molecule is CCN(CC)c1ccc(F)c(/C=C/c2nc3ccc(F)cc3c(=O)n2-c2ccccc2Cl)c1. The highest BCUT2D eigenvalue weighted by Gasteiger charge is 2.14. The van der Waals surface area contributed by atoms with Crippen LogP contribution in [-0.2, 0) is 0 Å². The van der Waals surface area contributed by atoms with Gasteiger partial charge in [-0.3, -0.25) is 9.36 Å². The third-order valence-electron chi connectivity index (χ3n) is 5.47. The average molecular weight is 466 g/mol. The molecule has 4 rings (SSSR count). The number of hydrogen-bond donors (Lipinski definition) is 0. The van der Waals surface area contributed by atoms with Gasteiger partial charge in [0.15, 0.2) is 0 Å². The normalized spacial score (nSPS) is 11.4. The maximum absolute atomic E-state index is 14.6. The van der Waals surface area contributed by atoms with E-state index in [9.17, 15) is 13.6 Å². The van der Waals surface area contributed by atoms with Crippen molar-refractivity contribution in [3.8, 4) is 5.69 Å². The van der Waals surface area contributed by atoms with E-state index in [0.29, 0.717) is 21.8 Å². The number of hydrogen-bond acceptors (Lipinski definition) is 3. The van der Waals surface area contributed by atoms with Crippen LogP contribution in [0.4, 0.5) is 14.5 Å². The van der Waals surface area contributed by atoms with Gasteiger partial charge in [0.05, 0.1) is 21.6 Å². The number of nitrogens with zero attached hydrogens (tertiary/aromatic N) is 3. The summed E-state index contributed by atoms with van der Waals surface area (Å²) < 4.78 is 29.7. The number of anilines is 1. The van der Waals surface area contributed by atoms with E-state index in [0.717, 1.165) is 24.8 Å². The first kappa shape index (κ1) is 22.7. The van der Waals surface area contributed by atoms with Crippen LogP contribution in [0.1, 0.15) is 25.2 Å². The van der Waals surface area contributed by atoms with Crippen molar-refractivity contribution in [2.24, 2.45) is 0 Å². The molecule has 33 heavy (non-hydrogen) atoms. The maximum Gasteiger partial charge on any atom is 0.266 e. The van der Waals surface area contributed by atoms with E-state index in [-0.39, 0.29) is 11.2 Å². The fraction of sp³-hybridized carbons (Fsp3) is 0.154. The largest absolute Gasteiger partial charge is 0.372 e. The summed E-state index contributed by atoms with van der Waals surface area (Å²) in [6.45, 7) is 5.65. The van der Waals surface area contributed by atoms with Crippen LogP contribution in [0.25, 0.3) is 28.7 Å². The Bertz CT molecular complexity index is 1410. The summed E-state index contributed by atoms with van der Waals surface area (Å²) in [5.41, 5.74) is 1.52. The summed E-state index contributed by atoms with van der Waals surface area (Å²) in [6, 6.07) is 15.6. The van der Waals surface area contributed by atoms with Gasteiger partial charge in [0.25, 0.3) is 5.56 Å². The van der Waals surface area contributed by atoms with Crippen LogP contribution in [0.15, 0.2) is 65.5 Å². The first-order chi connectivity index (χ1) is 15.9. The standard InChI is InChI=1S/C26H22ClF2N3O/c1-3-31(4-2)19-11-12-22(29)17(15-19)9-14-25-30-23-13-10-18(28)16-20(23)26(33)32(25)24-8-6-5-7-21(24)27/h5-16H,3-4H2,1-2H3/b14-9+. The molecule has 0 fully saturated rings. The van der Waals surface area contributed by atoms with Gasteiger partial charge in [-0.25, -0.2) is 13.8 Å². The predicted molar refractivity (Wildman–Crippen MR) is 131 cm³/mol. The number of rotatable bonds is 6. The van der Waals surface area contributed by atoms with Gasteiger partial charge in [-0.2, -0.15) is 0 Å². The molecule has 168 valence electrons. The Morgan fingerprint density at radius 1 is 1.00 bits per heavy atom. The number of benzene rings is 3. The predicted octanol–water partition coefficient (Wildman–Crippen LogP) is 6.33. The van der Waals surface area contributed by atoms with Gasteiger partial charge >= 0.3 is 0 Å². The molecule has 1 heterocycles. The zero-order valence-corrected chi connectivity index (χ0v) is 19.0. The molecule has 0 amide bonds. The van der Waals surface area contributed by atoms with Gasteiger partial charge in [0.1, 0.15) is 17.5 Å². The van der Waals surface area contributed by atoms with Crippen molar-refractivity contribution in [3.05, 3.63) is 99.1 Å². The minimum atomic E-state index is -0.536. The molecule has 0 aliphatic carbocycles. The lowest BCUT2D eigenvalue weighted by Gasteiger charge is -2.21. The van der Waals surface area contributed by atoms with Crippen LogP contribution in [0, 0.1) is 11.6 Å². The molecule has 0 aliphatic heterocycles. The molecule has 0 atom stereocenters. The number of halogens is 3. The molecule has 3 aromatic carbocycles. The summed E-state index contributed by atoms with van der Waals surface area (Å²) in [7, 11) is 0. The zero-order chi connectivity index (χ0) is 23.5. The maximum atomic E-state index is 14.6. The summed E-state index contributed by atoms with van der Waals surface area (Å²) in [4.78, 5) is 20.0. The Morgan fingerprint density at radius 2 is 1.76 bits per heavy atom. The van der Waals surface area contributed by atoms with Gasteiger partial charge < -0.3 is 4.90 Å². The molecule has 0 spiro atoms. The molecular weight excluding hydrogens is 444 g/mol. The van der Waals surface area contributed by atoms with Crippen molar-refractivity contribution < 1.29 is 8.78 Å². The molecule has 0 N–H and O–H groups in total. The summed E-state index contributed by atoms with van der Waals surface area (Å²) in [5, 5.41) is 0.461. The van der Waals surface area contributed by atoms with E-state index in [2.05, 4.69) is 9.88 Å². The Balaban J connectivity index is 1.91. The van der Waals surface area contributed by atoms with E-state index < -0.39 is 17.2 Å². The van der Waals surface area contributed by atoms with Crippen molar-refractivity contribution in [3.63, 3.8) is 0 Å². The molecule has 7 heteroatoms. The molecule has 0 radical (unpaired) electrons. The van der Waals surface area contributed by atoms with E-state index in [4.69, 9.17) is 11.6 Å². The van der Waals surface area contributed by atoms with Gasteiger partial charge in [-0.15, -0.1) is 0 Å². The number of fused-ring (bicyclic) bond motifs is 1. The second-order valence-corrected chi connectivity index (χ2v) is 7.84. The molecule has 4 nitrogen and oxygen atoms in total. The lowest BCUT2D eigenvalue weighted by Crippen LogP contribution is -2.22. The molecule has 0 aliphatic rings. The molecule has 0 saturated heterocycles. The quantitative estimate of drug-likeness (QED) is 0.334. The van der Waals surface area contributed by atoms with Gasteiger partial charge in [-0.1, -0.05) is 23.7 Å². The van der Waals surface area contributed by atoms with Crippen molar-refractivity contribution in [1.82, 2.24) is 9.55 Å². The summed E-state index contributed by atoms with van der Waals surface area (Å²) in [6.07, 6.45) is 3.14. The number of aromatic nitrogens is 2. The minimum absolute atomic E-state index is 0.127. The molecular formula is C26H22ClF2N3O. The van der Waals surface area contributed by atoms with Crippen LogP contribution in [-0.4, -0.2) is 22.6 Å². The van der Waals surface area contributed by atoms with Crippen molar-refractivity contribution >= 4 is 40.3 Å². The second kappa shape index (κ2) is 9.55. The average Bonchev–Trinajstić information content (AvgIpc) is 2.81. The third kappa shape index (κ3) is 4.52. The lowest BCUT2D eigenvalue weighted by atomic mass is 10.1. The van der Waals surface area contributed by atoms with Crippen molar-refractivity contribution in [1.29, 1.82) is 0 Å². The fourth-order valence-corrected chi connectivity index (χ4v) is 3.98. The lowest BCUT2D eigenvalue weighted by molar-refractivity contribution is 0.624. The van der Waals surface area contributed by atoms with E-state index >= 15 is 0 Å². The Kier molecular flexibility index (Phi) is 6.56. The Hall–Kier alpha value is -3.51. The second-order valence-electron chi connectivity index (χ2n) is 7.43. The van der Waals surface area contributed by atoms with Gasteiger partial charge in [0.2, 0.25) is 0 Å². The molecule has 0 saturated carbocycles. The highest BCUT2D eigenvalue weighted by Crippen LogP contribution is 2.24. The minimum Gasteiger partial charge on any atom is -0.372 e. The third-order valence-corrected chi connectivity index (χ3v) is 5.79. The topological polar surface area (TPSA) is 38.1 Å². The number of para-hydroxylation sites is 1. The van der Waals surface area contributed by atoms with E-state index in [1.165, 1.54) is 22.8 Å². The molecule has 1 aromatic heterocycles. The van der Waals surface area contributed by atoms with Crippen LogP contribution in [0.3, 0.4) is 0 Å². The van der Waals surface area contributed by atoms with Gasteiger partial charge in [0, 0.05) is 24.3 Å². The Morgan fingerprint density at radius 3 is 2.48 bits per heavy atom. The van der Waals surface area contributed by atoms with Crippen LogP contribution in [0.5, 0.6) is 0 Å². The van der Waals surface area contributed by atoms with Crippen LogP contribution >= 0.6 is 11.6 Å². The summed E-state index contributed by atoms with van der Waals surface area (Å²) >= 11 is 6.36. The first-order valence-corrected chi connectivity index (χ1v) is 11.0. The smallest absolute Gasteiger partial charge is 0.266 e. The van der Waals surface area contributed by atoms with E-state index in [1.807, 2.05) is 13.8 Å². The van der Waals surface area contributed by atoms with Gasteiger partial charge in [-0.05, 0) is 74.5 Å². The highest BCUT2D eigenvalue weighted by molar-refractivity contribution is 6.32. The van der Waals surface area contributed by atoms with Crippen molar-refractivity contribution in [2.45, 2.75) is 13.8 Å². The monoisotopic (exact) mass is 465 g/mol. The Labute approximate surface area is 195 Å². The first-order valence-electron chi connectivity index (χ1n) is 10.6. The van der Waals surface area contributed by atoms with Crippen LogP contribution in [0.2, 0.25) is 5.02 Å². The van der Waals surface area contributed by atoms with E-state index in [1.54, 1.807) is 48.6 Å². The van der Waals surface area contributed by atoms with Crippen LogP contribution < -0.4 is 10.5 Å². The zero-order valence-electron chi connectivity index (χ0n) is 18.2. The summed E-state index contributed by atoms with van der Waals surface area (Å²) in [5.74, 6) is -0.679.